The van der Waals surface area contributed by atoms with Crippen LogP contribution in [-0.4, -0.2) is 17.4 Å². The first-order valence-corrected chi connectivity index (χ1v) is 6.47. The van der Waals surface area contributed by atoms with Gasteiger partial charge in [-0.1, -0.05) is 24.3 Å². The lowest BCUT2D eigenvalue weighted by molar-refractivity contribution is -0.119. The fourth-order valence-corrected chi connectivity index (χ4v) is 2.75. The van der Waals surface area contributed by atoms with Gasteiger partial charge in [-0.3, -0.25) is 4.79 Å². The lowest BCUT2D eigenvalue weighted by Crippen LogP contribution is -2.13. The first-order valence-electron chi connectivity index (χ1n) is 5.59. The van der Waals surface area contributed by atoms with E-state index in [9.17, 15) is 4.79 Å². The largest absolute Gasteiger partial charge is 0.355 e. The molecule has 2 heterocycles. The van der Waals surface area contributed by atoms with Gasteiger partial charge in [0.25, 0.3) is 0 Å². The molecule has 1 amide bonds. The molecule has 1 unspecified atom stereocenters. The summed E-state index contributed by atoms with van der Waals surface area (Å²) in [4.78, 5) is 15.4. The fraction of sp³-hybridized carbons (Fsp3) is 0.231. The predicted octanol–water partition coefficient (Wildman–Crippen LogP) is 2.41. The van der Waals surface area contributed by atoms with Gasteiger partial charge in [-0.05, 0) is 5.56 Å². The summed E-state index contributed by atoms with van der Waals surface area (Å²) in [5.74, 6) is 0.479. The Morgan fingerprint density at radius 3 is 2.71 bits per heavy atom. The molecule has 1 saturated heterocycles. The Labute approximate surface area is 104 Å². The zero-order chi connectivity index (χ0) is 11.7. The average molecular weight is 244 g/mol. The topological polar surface area (TPSA) is 42.0 Å². The highest BCUT2D eigenvalue weighted by molar-refractivity contribution is 7.13. The van der Waals surface area contributed by atoms with E-state index in [1.54, 1.807) is 11.3 Å². The van der Waals surface area contributed by atoms with Crippen molar-refractivity contribution in [3.63, 3.8) is 0 Å². The molecule has 1 aliphatic rings. The molecule has 0 aliphatic carbocycles. The molecule has 0 saturated carbocycles. The molecule has 0 bridgehead atoms. The second-order valence-corrected chi connectivity index (χ2v) is 5.06. The molecule has 1 aliphatic heterocycles. The molecule has 17 heavy (non-hydrogen) atoms. The Bertz CT molecular complexity index is 519. The molecule has 4 heteroatoms. The summed E-state index contributed by atoms with van der Waals surface area (Å²) >= 11 is 1.64. The summed E-state index contributed by atoms with van der Waals surface area (Å²) in [6, 6.07) is 8.36. The summed E-state index contributed by atoms with van der Waals surface area (Å²) in [6.45, 7) is 0.759. The number of amides is 1. The SMILES string of the molecule is O=C1CC(c2ccc(-c3nccs3)cc2)CN1. The highest BCUT2D eigenvalue weighted by Crippen LogP contribution is 2.27. The van der Waals surface area contributed by atoms with Gasteiger partial charge in [-0.15, -0.1) is 11.3 Å². The number of nitrogens with one attached hydrogen (secondary N) is 1. The van der Waals surface area contributed by atoms with Gasteiger partial charge in [-0.25, -0.2) is 4.98 Å². The van der Waals surface area contributed by atoms with Gasteiger partial charge in [0.1, 0.15) is 5.01 Å². The first kappa shape index (κ1) is 10.5. The Morgan fingerprint density at radius 2 is 2.12 bits per heavy atom. The van der Waals surface area contributed by atoms with Gasteiger partial charge in [0.05, 0.1) is 0 Å². The van der Waals surface area contributed by atoms with Crippen LogP contribution < -0.4 is 5.32 Å². The number of carbonyl (C=O) groups is 1. The van der Waals surface area contributed by atoms with Crippen molar-refractivity contribution in [1.29, 1.82) is 0 Å². The van der Waals surface area contributed by atoms with Gasteiger partial charge in [0.2, 0.25) is 5.91 Å². The molecular weight excluding hydrogens is 232 g/mol. The molecule has 1 fully saturated rings. The minimum Gasteiger partial charge on any atom is -0.355 e. The standard InChI is InChI=1S/C13H12N2OS/c16-12-7-11(8-15-12)9-1-3-10(4-2-9)13-14-5-6-17-13/h1-6,11H,7-8H2,(H,15,16). The van der Waals surface area contributed by atoms with Crippen LogP contribution in [0.15, 0.2) is 35.8 Å². The molecule has 1 atom stereocenters. The summed E-state index contributed by atoms with van der Waals surface area (Å²) in [5, 5.41) is 5.88. The maximum absolute atomic E-state index is 11.2. The van der Waals surface area contributed by atoms with Crippen LogP contribution in [-0.2, 0) is 4.79 Å². The van der Waals surface area contributed by atoms with Gasteiger partial charge < -0.3 is 5.32 Å². The molecule has 1 aromatic carbocycles. The molecule has 86 valence electrons. The number of nitrogens with zero attached hydrogens (tertiary/aromatic N) is 1. The van der Waals surface area contributed by atoms with Gasteiger partial charge in [0, 0.05) is 36.0 Å². The minimum atomic E-state index is 0.152. The molecule has 3 rings (SSSR count). The molecule has 0 radical (unpaired) electrons. The Morgan fingerprint density at radius 1 is 1.29 bits per heavy atom. The quantitative estimate of drug-likeness (QED) is 0.881. The van der Waals surface area contributed by atoms with Crippen molar-refractivity contribution in [2.45, 2.75) is 12.3 Å². The number of hydrogen-bond acceptors (Lipinski definition) is 3. The van der Waals surface area contributed by atoms with Crippen molar-refractivity contribution in [3.05, 3.63) is 41.4 Å². The number of carbonyl (C=O) groups excluding carboxylic acids is 1. The Balaban J connectivity index is 1.83. The van der Waals surface area contributed by atoms with Crippen LogP contribution in [0.1, 0.15) is 17.9 Å². The first-order chi connectivity index (χ1) is 8.33. The highest BCUT2D eigenvalue weighted by atomic mass is 32.1. The number of benzene rings is 1. The van der Waals surface area contributed by atoms with E-state index in [2.05, 4.69) is 34.6 Å². The molecule has 3 nitrogen and oxygen atoms in total. The molecule has 0 spiro atoms. The third kappa shape index (κ3) is 2.08. The van der Waals surface area contributed by atoms with E-state index in [4.69, 9.17) is 0 Å². The maximum atomic E-state index is 11.2. The summed E-state index contributed by atoms with van der Waals surface area (Å²) < 4.78 is 0. The van der Waals surface area contributed by atoms with Crippen LogP contribution in [0.3, 0.4) is 0 Å². The Hall–Kier alpha value is -1.68. The second-order valence-electron chi connectivity index (χ2n) is 4.16. The lowest BCUT2D eigenvalue weighted by atomic mass is 9.97. The number of aromatic nitrogens is 1. The van der Waals surface area contributed by atoms with E-state index in [-0.39, 0.29) is 5.91 Å². The average Bonchev–Trinajstić information content (AvgIpc) is 3.00. The van der Waals surface area contributed by atoms with Crippen LogP contribution in [0.5, 0.6) is 0 Å². The van der Waals surface area contributed by atoms with Crippen molar-refractivity contribution in [3.8, 4) is 10.6 Å². The summed E-state index contributed by atoms with van der Waals surface area (Å²) in [7, 11) is 0. The van der Waals surface area contributed by atoms with E-state index in [0.29, 0.717) is 12.3 Å². The third-order valence-electron chi connectivity index (χ3n) is 3.04. The van der Waals surface area contributed by atoms with Crippen LogP contribution in [0.25, 0.3) is 10.6 Å². The molecule has 2 aromatic rings. The van der Waals surface area contributed by atoms with Crippen LogP contribution in [0, 0.1) is 0 Å². The predicted molar refractivity (Wildman–Crippen MR) is 67.9 cm³/mol. The van der Waals surface area contributed by atoms with Crippen LogP contribution in [0.4, 0.5) is 0 Å². The van der Waals surface area contributed by atoms with Crippen molar-refractivity contribution in [1.82, 2.24) is 10.3 Å². The van der Waals surface area contributed by atoms with Gasteiger partial charge >= 0.3 is 0 Å². The number of hydrogen-bond donors (Lipinski definition) is 1. The van der Waals surface area contributed by atoms with Crippen molar-refractivity contribution < 1.29 is 4.79 Å². The number of rotatable bonds is 2. The van der Waals surface area contributed by atoms with E-state index >= 15 is 0 Å². The molecule has 1 aromatic heterocycles. The van der Waals surface area contributed by atoms with E-state index in [1.807, 2.05) is 11.6 Å². The van der Waals surface area contributed by atoms with Crippen molar-refractivity contribution in [2.24, 2.45) is 0 Å². The smallest absolute Gasteiger partial charge is 0.220 e. The summed E-state index contributed by atoms with van der Waals surface area (Å²) in [6.07, 6.45) is 2.42. The van der Waals surface area contributed by atoms with Gasteiger partial charge in [0.15, 0.2) is 0 Å². The van der Waals surface area contributed by atoms with E-state index in [1.165, 1.54) is 5.56 Å². The molecule has 1 N–H and O–H groups in total. The Kier molecular flexibility index (Phi) is 2.65. The lowest BCUT2D eigenvalue weighted by Gasteiger charge is -2.07. The second kappa shape index (κ2) is 4.30. The minimum absolute atomic E-state index is 0.152. The number of thiazole rings is 1. The van der Waals surface area contributed by atoms with Crippen molar-refractivity contribution in [2.75, 3.05) is 6.54 Å². The zero-order valence-corrected chi connectivity index (χ0v) is 10.0. The zero-order valence-electron chi connectivity index (χ0n) is 9.22. The summed E-state index contributed by atoms with van der Waals surface area (Å²) in [5.41, 5.74) is 2.37. The molecular formula is C13H12N2OS. The van der Waals surface area contributed by atoms with Crippen LogP contribution >= 0.6 is 11.3 Å². The van der Waals surface area contributed by atoms with Gasteiger partial charge in [-0.2, -0.15) is 0 Å². The van der Waals surface area contributed by atoms with Crippen LogP contribution in [0.2, 0.25) is 0 Å². The van der Waals surface area contributed by atoms with E-state index in [0.717, 1.165) is 17.1 Å². The highest BCUT2D eigenvalue weighted by Gasteiger charge is 2.22. The van der Waals surface area contributed by atoms with E-state index < -0.39 is 0 Å². The normalized spacial score (nSPS) is 19.3. The fourth-order valence-electron chi connectivity index (χ4n) is 2.10. The monoisotopic (exact) mass is 244 g/mol. The maximum Gasteiger partial charge on any atom is 0.220 e. The van der Waals surface area contributed by atoms with Crippen molar-refractivity contribution >= 4 is 17.2 Å². The third-order valence-corrected chi connectivity index (χ3v) is 3.86.